The van der Waals surface area contributed by atoms with E-state index < -0.39 is 9.84 Å². The second-order valence-electron chi connectivity index (χ2n) is 3.83. The van der Waals surface area contributed by atoms with Crippen LogP contribution in [0.5, 0.6) is 0 Å². The molecule has 0 aliphatic heterocycles. The molecule has 3 nitrogen and oxygen atoms in total. The predicted molar refractivity (Wildman–Crippen MR) is 65.8 cm³/mol. The topological polar surface area (TPSA) is 46.2 Å². The molecular formula is C11H23NO2S. The molecular weight excluding hydrogens is 210 g/mol. The first-order chi connectivity index (χ1) is 7.04. The summed E-state index contributed by atoms with van der Waals surface area (Å²) in [5.74, 6) is 0.317. The van der Waals surface area contributed by atoms with Crippen LogP contribution in [0.25, 0.3) is 0 Å². The van der Waals surface area contributed by atoms with Crippen molar-refractivity contribution in [3.8, 4) is 0 Å². The van der Waals surface area contributed by atoms with Crippen molar-refractivity contribution in [2.45, 2.75) is 38.4 Å². The molecule has 1 N–H and O–H groups in total. The van der Waals surface area contributed by atoms with Gasteiger partial charge in [-0.25, -0.2) is 8.42 Å². The van der Waals surface area contributed by atoms with Crippen molar-refractivity contribution in [2.24, 2.45) is 0 Å². The molecule has 4 heteroatoms. The Morgan fingerprint density at radius 1 is 1.40 bits per heavy atom. The van der Waals surface area contributed by atoms with Crippen LogP contribution in [-0.2, 0) is 9.84 Å². The third-order valence-electron chi connectivity index (χ3n) is 2.37. The molecule has 0 bridgehead atoms. The van der Waals surface area contributed by atoms with Crippen molar-refractivity contribution in [3.63, 3.8) is 0 Å². The van der Waals surface area contributed by atoms with Crippen LogP contribution in [-0.4, -0.2) is 32.5 Å². The van der Waals surface area contributed by atoms with Gasteiger partial charge in [-0.1, -0.05) is 25.8 Å². The molecule has 0 spiro atoms. The maximum absolute atomic E-state index is 11.7. The van der Waals surface area contributed by atoms with Crippen LogP contribution in [0.4, 0.5) is 0 Å². The first kappa shape index (κ1) is 14.6. The summed E-state index contributed by atoms with van der Waals surface area (Å²) in [6.07, 6.45) is 4.56. The smallest absolute Gasteiger partial charge is 0.154 e. The van der Waals surface area contributed by atoms with Gasteiger partial charge in [0.2, 0.25) is 0 Å². The lowest BCUT2D eigenvalue weighted by Crippen LogP contribution is -2.32. The van der Waals surface area contributed by atoms with Crippen molar-refractivity contribution in [1.29, 1.82) is 0 Å². The fraction of sp³-hybridized carbons (Fsp3) is 0.818. The molecule has 0 heterocycles. The van der Waals surface area contributed by atoms with Gasteiger partial charge in [0, 0.05) is 13.1 Å². The zero-order chi connectivity index (χ0) is 11.7. The highest BCUT2D eigenvalue weighted by Gasteiger charge is 2.19. The van der Waals surface area contributed by atoms with Crippen LogP contribution >= 0.6 is 0 Å². The van der Waals surface area contributed by atoms with Gasteiger partial charge in [-0.3, -0.25) is 0 Å². The Kier molecular flexibility index (Phi) is 7.70. The second kappa shape index (κ2) is 7.88. The van der Waals surface area contributed by atoms with E-state index in [-0.39, 0.29) is 5.25 Å². The summed E-state index contributed by atoms with van der Waals surface area (Å²) in [5.41, 5.74) is 0. The SMILES string of the molecule is C=CCNCC(C)S(=O)(=O)CCCCC. The third-order valence-corrected chi connectivity index (χ3v) is 4.62. The molecule has 1 unspecified atom stereocenters. The standard InChI is InChI=1S/C11H23NO2S/c1-4-6-7-9-15(13,14)11(3)10-12-8-5-2/h5,11-12H,2,4,6-10H2,1,3H3. The van der Waals surface area contributed by atoms with Gasteiger partial charge in [0.05, 0.1) is 11.0 Å². The zero-order valence-corrected chi connectivity index (χ0v) is 10.6. The van der Waals surface area contributed by atoms with Gasteiger partial charge in [0.25, 0.3) is 0 Å². The highest BCUT2D eigenvalue weighted by Crippen LogP contribution is 2.05. The van der Waals surface area contributed by atoms with Crippen LogP contribution < -0.4 is 5.32 Å². The molecule has 0 fully saturated rings. The van der Waals surface area contributed by atoms with E-state index >= 15 is 0 Å². The molecule has 15 heavy (non-hydrogen) atoms. The largest absolute Gasteiger partial charge is 0.312 e. The summed E-state index contributed by atoms with van der Waals surface area (Å²) in [6, 6.07) is 0. The average Bonchev–Trinajstić information content (AvgIpc) is 2.18. The third kappa shape index (κ3) is 6.68. The minimum atomic E-state index is -2.91. The van der Waals surface area contributed by atoms with Crippen LogP contribution in [0.2, 0.25) is 0 Å². The molecule has 90 valence electrons. The van der Waals surface area contributed by atoms with Gasteiger partial charge < -0.3 is 5.32 Å². The molecule has 0 saturated heterocycles. The number of hydrogen-bond acceptors (Lipinski definition) is 3. The Labute approximate surface area is 93.9 Å². The molecule has 0 aliphatic rings. The van der Waals surface area contributed by atoms with Crippen molar-refractivity contribution in [2.75, 3.05) is 18.8 Å². The van der Waals surface area contributed by atoms with Gasteiger partial charge in [-0.15, -0.1) is 6.58 Å². The van der Waals surface area contributed by atoms with Gasteiger partial charge in [0.1, 0.15) is 0 Å². The van der Waals surface area contributed by atoms with E-state index in [1.54, 1.807) is 13.0 Å². The van der Waals surface area contributed by atoms with E-state index in [4.69, 9.17) is 0 Å². The molecule has 0 amide bonds. The Bertz CT molecular complexity index is 260. The molecule has 0 aromatic rings. The highest BCUT2D eigenvalue weighted by atomic mass is 32.2. The van der Waals surface area contributed by atoms with Crippen LogP contribution in [0, 0.1) is 0 Å². The fourth-order valence-corrected chi connectivity index (χ4v) is 2.65. The quantitative estimate of drug-likeness (QED) is 0.487. The van der Waals surface area contributed by atoms with Crippen molar-refractivity contribution in [3.05, 3.63) is 12.7 Å². The van der Waals surface area contributed by atoms with Crippen LogP contribution in [0.1, 0.15) is 33.1 Å². The summed E-state index contributed by atoms with van der Waals surface area (Å²) < 4.78 is 23.5. The maximum atomic E-state index is 11.7. The van der Waals surface area contributed by atoms with E-state index in [9.17, 15) is 8.42 Å². The highest BCUT2D eigenvalue weighted by molar-refractivity contribution is 7.92. The van der Waals surface area contributed by atoms with Gasteiger partial charge in [-0.2, -0.15) is 0 Å². The molecule has 1 atom stereocenters. The van der Waals surface area contributed by atoms with E-state index in [2.05, 4.69) is 18.8 Å². The molecule has 0 rings (SSSR count). The number of nitrogens with one attached hydrogen (secondary N) is 1. The Morgan fingerprint density at radius 3 is 2.60 bits per heavy atom. The zero-order valence-electron chi connectivity index (χ0n) is 9.83. The van der Waals surface area contributed by atoms with E-state index in [0.29, 0.717) is 18.8 Å². The summed E-state index contributed by atoms with van der Waals surface area (Å²) in [7, 11) is -2.91. The molecule has 0 aromatic heterocycles. The van der Waals surface area contributed by atoms with Crippen molar-refractivity contribution < 1.29 is 8.42 Å². The summed E-state index contributed by atoms with van der Waals surface area (Å²) in [4.78, 5) is 0. The average molecular weight is 233 g/mol. The van der Waals surface area contributed by atoms with E-state index in [1.165, 1.54) is 0 Å². The number of unbranched alkanes of at least 4 members (excludes halogenated alkanes) is 2. The van der Waals surface area contributed by atoms with E-state index in [0.717, 1.165) is 19.3 Å². The molecule has 0 aromatic carbocycles. The lowest BCUT2D eigenvalue weighted by molar-refractivity contribution is 0.571. The van der Waals surface area contributed by atoms with Crippen molar-refractivity contribution >= 4 is 9.84 Å². The summed E-state index contributed by atoms with van der Waals surface area (Å²) in [6.45, 7) is 8.58. The molecule has 0 aliphatic carbocycles. The number of hydrogen-bond donors (Lipinski definition) is 1. The first-order valence-electron chi connectivity index (χ1n) is 5.57. The summed E-state index contributed by atoms with van der Waals surface area (Å²) in [5, 5.41) is 2.74. The summed E-state index contributed by atoms with van der Waals surface area (Å²) >= 11 is 0. The Hall–Kier alpha value is -0.350. The van der Waals surface area contributed by atoms with Gasteiger partial charge in [-0.05, 0) is 13.3 Å². The predicted octanol–water partition coefficient (Wildman–Crippen LogP) is 1.76. The monoisotopic (exact) mass is 233 g/mol. The van der Waals surface area contributed by atoms with Crippen LogP contribution in [0.15, 0.2) is 12.7 Å². The Morgan fingerprint density at radius 2 is 2.07 bits per heavy atom. The number of sulfone groups is 1. The maximum Gasteiger partial charge on any atom is 0.154 e. The first-order valence-corrected chi connectivity index (χ1v) is 7.29. The number of rotatable bonds is 9. The normalized spacial score (nSPS) is 13.7. The molecule has 0 saturated carbocycles. The lowest BCUT2D eigenvalue weighted by Gasteiger charge is -2.12. The van der Waals surface area contributed by atoms with E-state index in [1.807, 2.05) is 0 Å². The van der Waals surface area contributed by atoms with Crippen LogP contribution in [0.3, 0.4) is 0 Å². The minimum Gasteiger partial charge on any atom is -0.312 e. The van der Waals surface area contributed by atoms with Gasteiger partial charge >= 0.3 is 0 Å². The fourth-order valence-electron chi connectivity index (χ4n) is 1.27. The minimum absolute atomic E-state index is 0.297. The lowest BCUT2D eigenvalue weighted by atomic mass is 10.3. The molecule has 0 radical (unpaired) electrons. The van der Waals surface area contributed by atoms with Crippen molar-refractivity contribution in [1.82, 2.24) is 5.32 Å². The van der Waals surface area contributed by atoms with Gasteiger partial charge in [0.15, 0.2) is 9.84 Å². The Balaban J connectivity index is 3.91. The second-order valence-corrected chi connectivity index (χ2v) is 6.37.